The number of benzene rings is 1. The van der Waals surface area contributed by atoms with Gasteiger partial charge in [0.2, 0.25) is 0 Å². The maximum atomic E-state index is 5.97. The molecule has 1 fully saturated rings. The molecule has 1 aliphatic heterocycles. The first-order chi connectivity index (χ1) is 9.24. The summed E-state index contributed by atoms with van der Waals surface area (Å²) in [7, 11) is 0. The van der Waals surface area contributed by atoms with E-state index in [0.717, 1.165) is 21.4 Å². The minimum atomic E-state index is 0.371. The maximum absolute atomic E-state index is 5.97. The standard InChI is InChI=1S/C13H14IN3OS/c14-8-4-5-10(15)9(7-8)13-16-12(17-18-13)11-3-1-2-6-19-11/h4-5,7,11H,1-3,6,15H2. The Balaban J connectivity index is 1.89. The molecule has 2 heterocycles. The summed E-state index contributed by atoms with van der Waals surface area (Å²) in [6, 6.07) is 5.81. The van der Waals surface area contributed by atoms with Gasteiger partial charge in [-0.15, -0.1) is 0 Å². The molecule has 0 radical (unpaired) electrons. The van der Waals surface area contributed by atoms with E-state index in [-0.39, 0.29) is 0 Å². The van der Waals surface area contributed by atoms with Crippen LogP contribution in [0.25, 0.3) is 11.5 Å². The highest BCUT2D eigenvalue weighted by atomic mass is 127. The van der Waals surface area contributed by atoms with Gasteiger partial charge in [0, 0.05) is 9.26 Å². The molecule has 1 unspecified atom stereocenters. The van der Waals surface area contributed by atoms with Crippen molar-refractivity contribution in [3.05, 3.63) is 27.6 Å². The molecule has 2 aromatic rings. The number of hydrogen-bond donors (Lipinski definition) is 1. The van der Waals surface area contributed by atoms with E-state index in [1.807, 2.05) is 30.0 Å². The third-order valence-electron chi connectivity index (χ3n) is 3.16. The summed E-state index contributed by atoms with van der Waals surface area (Å²) in [4.78, 5) is 4.52. The lowest BCUT2D eigenvalue weighted by molar-refractivity contribution is 0.420. The Morgan fingerprint density at radius 2 is 2.26 bits per heavy atom. The average Bonchev–Trinajstić information content (AvgIpc) is 2.92. The van der Waals surface area contributed by atoms with Gasteiger partial charge >= 0.3 is 0 Å². The Kier molecular flexibility index (Phi) is 3.97. The van der Waals surface area contributed by atoms with Crippen LogP contribution in [0.4, 0.5) is 5.69 Å². The van der Waals surface area contributed by atoms with Crippen LogP contribution in [-0.4, -0.2) is 15.9 Å². The lowest BCUT2D eigenvalue weighted by Crippen LogP contribution is -2.03. The number of hydrogen-bond acceptors (Lipinski definition) is 5. The summed E-state index contributed by atoms with van der Waals surface area (Å²) >= 11 is 4.16. The molecule has 0 bridgehead atoms. The molecular weight excluding hydrogens is 373 g/mol. The largest absolute Gasteiger partial charge is 0.398 e. The molecule has 1 atom stereocenters. The predicted molar refractivity (Wildman–Crippen MR) is 85.9 cm³/mol. The Labute approximate surface area is 129 Å². The van der Waals surface area contributed by atoms with Gasteiger partial charge in [0.25, 0.3) is 5.89 Å². The smallest absolute Gasteiger partial charge is 0.260 e. The predicted octanol–water partition coefficient (Wildman–Crippen LogP) is 3.88. The van der Waals surface area contributed by atoms with E-state index >= 15 is 0 Å². The van der Waals surface area contributed by atoms with E-state index in [1.54, 1.807) is 0 Å². The highest BCUT2D eigenvalue weighted by Gasteiger charge is 2.22. The van der Waals surface area contributed by atoms with Crippen molar-refractivity contribution in [1.82, 2.24) is 10.1 Å². The summed E-state index contributed by atoms with van der Waals surface area (Å²) in [5.74, 6) is 2.51. The highest BCUT2D eigenvalue weighted by Crippen LogP contribution is 2.37. The summed E-state index contributed by atoms with van der Waals surface area (Å²) in [5.41, 5.74) is 7.47. The molecular formula is C13H14IN3OS. The van der Waals surface area contributed by atoms with Crippen molar-refractivity contribution in [2.24, 2.45) is 0 Å². The lowest BCUT2D eigenvalue weighted by Gasteiger charge is -2.17. The Hall–Kier alpha value is -0.760. The number of anilines is 1. The van der Waals surface area contributed by atoms with Crippen LogP contribution < -0.4 is 5.73 Å². The highest BCUT2D eigenvalue weighted by molar-refractivity contribution is 14.1. The van der Waals surface area contributed by atoms with Gasteiger partial charge in [0.1, 0.15) is 0 Å². The molecule has 0 spiro atoms. The Morgan fingerprint density at radius 1 is 1.37 bits per heavy atom. The van der Waals surface area contributed by atoms with Gasteiger partial charge in [0.15, 0.2) is 5.82 Å². The van der Waals surface area contributed by atoms with Crippen molar-refractivity contribution in [3.8, 4) is 11.5 Å². The molecule has 1 saturated heterocycles. The number of nitrogens with two attached hydrogens (primary N) is 1. The normalized spacial score (nSPS) is 19.5. The van der Waals surface area contributed by atoms with E-state index in [9.17, 15) is 0 Å². The van der Waals surface area contributed by atoms with Gasteiger partial charge in [-0.1, -0.05) is 11.6 Å². The molecule has 19 heavy (non-hydrogen) atoms. The second-order valence-corrected chi connectivity index (χ2v) is 7.10. The number of nitrogen functional groups attached to an aromatic ring is 1. The molecule has 6 heteroatoms. The van der Waals surface area contributed by atoms with Crippen LogP contribution in [0.2, 0.25) is 0 Å². The molecule has 3 rings (SSSR count). The first-order valence-corrected chi connectivity index (χ1v) is 8.37. The molecule has 1 aliphatic rings. The zero-order valence-corrected chi connectivity index (χ0v) is 13.3. The van der Waals surface area contributed by atoms with Crippen molar-refractivity contribution >= 4 is 40.0 Å². The summed E-state index contributed by atoms with van der Waals surface area (Å²) in [5, 5.41) is 4.49. The second-order valence-electron chi connectivity index (χ2n) is 4.54. The van der Waals surface area contributed by atoms with Crippen LogP contribution in [0, 0.1) is 3.57 Å². The number of halogens is 1. The minimum Gasteiger partial charge on any atom is -0.398 e. The van der Waals surface area contributed by atoms with Crippen LogP contribution in [0.15, 0.2) is 22.7 Å². The fourth-order valence-electron chi connectivity index (χ4n) is 2.13. The first kappa shape index (κ1) is 13.2. The van der Waals surface area contributed by atoms with Crippen LogP contribution in [-0.2, 0) is 0 Å². The van der Waals surface area contributed by atoms with Crippen LogP contribution in [0.1, 0.15) is 30.3 Å². The zero-order valence-electron chi connectivity index (χ0n) is 10.3. The van der Waals surface area contributed by atoms with E-state index in [1.165, 1.54) is 18.6 Å². The zero-order chi connectivity index (χ0) is 13.2. The summed E-state index contributed by atoms with van der Waals surface area (Å²) in [6.45, 7) is 0. The topological polar surface area (TPSA) is 64.9 Å². The van der Waals surface area contributed by atoms with Crippen molar-refractivity contribution in [3.63, 3.8) is 0 Å². The van der Waals surface area contributed by atoms with E-state index in [4.69, 9.17) is 10.3 Å². The van der Waals surface area contributed by atoms with Crippen LogP contribution in [0.3, 0.4) is 0 Å². The number of aromatic nitrogens is 2. The quantitative estimate of drug-likeness (QED) is 0.626. The Morgan fingerprint density at radius 3 is 3.05 bits per heavy atom. The SMILES string of the molecule is Nc1ccc(I)cc1-c1nc(C2CCCCS2)no1. The van der Waals surface area contributed by atoms with E-state index in [2.05, 4.69) is 32.7 Å². The van der Waals surface area contributed by atoms with Gasteiger partial charge in [-0.25, -0.2) is 0 Å². The minimum absolute atomic E-state index is 0.371. The monoisotopic (exact) mass is 387 g/mol. The average molecular weight is 387 g/mol. The van der Waals surface area contributed by atoms with Gasteiger partial charge in [-0.05, 0) is 59.4 Å². The molecule has 1 aromatic heterocycles. The molecule has 2 N–H and O–H groups in total. The third-order valence-corrected chi connectivity index (χ3v) is 5.20. The van der Waals surface area contributed by atoms with Crippen LogP contribution >= 0.6 is 34.4 Å². The van der Waals surface area contributed by atoms with E-state index < -0.39 is 0 Å². The molecule has 100 valence electrons. The number of nitrogens with zero attached hydrogens (tertiary/aromatic N) is 2. The number of rotatable bonds is 2. The lowest BCUT2D eigenvalue weighted by atomic mass is 10.1. The first-order valence-electron chi connectivity index (χ1n) is 6.24. The second kappa shape index (κ2) is 5.70. The van der Waals surface area contributed by atoms with Crippen molar-refractivity contribution in [2.75, 3.05) is 11.5 Å². The van der Waals surface area contributed by atoms with E-state index in [0.29, 0.717) is 16.8 Å². The van der Waals surface area contributed by atoms with Crippen LogP contribution in [0.5, 0.6) is 0 Å². The Bertz CT molecular complexity index is 581. The third kappa shape index (κ3) is 2.89. The fourth-order valence-corrected chi connectivity index (χ4v) is 3.86. The molecule has 1 aromatic carbocycles. The summed E-state index contributed by atoms with van der Waals surface area (Å²) < 4.78 is 6.49. The number of thioether (sulfide) groups is 1. The van der Waals surface area contributed by atoms with Crippen molar-refractivity contribution < 1.29 is 4.52 Å². The summed E-state index contributed by atoms with van der Waals surface area (Å²) in [6.07, 6.45) is 3.66. The molecule has 4 nitrogen and oxygen atoms in total. The van der Waals surface area contributed by atoms with Gasteiger partial charge < -0.3 is 10.3 Å². The molecule has 0 amide bonds. The maximum Gasteiger partial charge on any atom is 0.260 e. The fraction of sp³-hybridized carbons (Fsp3) is 0.385. The molecule has 0 aliphatic carbocycles. The van der Waals surface area contributed by atoms with Gasteiger partial charge in [-0.3, -0.25) is 0 Å². The van der Waals surface area contributed by atoms with Crippen molar-refractivity contribution in [1.29, 1.82) is 0 Å². The molecule has 0 saturated carbocycles. The van der Waals surface area contributed by atoms with Crippen molar-refractivity contribution in [2.45, 2.75) is 24.5 Å². The van der Waals surface area contributed by atoms with Gasteiger partial charge in [-0.2, -0.15) is 16.7 Å². The van der Waals surface area contributed by atoms with Gasteiger partial charge in [0.05, 0.1) is 10.8 Å².